The molecule has 46 heavy (non-hydrogen) atoms. The van der Waals surface area contributed by atoms with E-state index in [1.54, 1.807) is 54.9 Å². The molecule has 6 rings (SSSR count). The van der Waals surface area contributed by atoms with E-state index in [0.29, 0.717) is 18.0 Å². The molecule has 0 spiro atoms. The molecule has 0 radical (unpaired) electrons. The monoisotopic (exact) mass is 615 g/mol. The van der Waals surface area contributed by atoms with Gasteiger partial charge in [-0.3, -0.25) is 19.3 Å². The Hall–Kier alpha value is -5.90. The zero-order valence-corrected chi connectivity index (χ0v) is 25.3. The molecule has 0 fully saturated rings. The number of fused-ring (bicyclic) bond motifs is 1. The van der Waals surface area contributed by atoms with E-state index in [1.165, 1.54) is 0 Å². The molecule has 0 saturated carbocycles. The van der Waals surface area contributed by atoms with E-state index in [1.807, 2.05) is 34.9 Å². The Morgan fingerprint density at radius 2 is 1.63 bits per heavy atom. The number of amides is 3. The summed E-state index contributed by atoms with van der Waals surface area (Å²) < 4.78 is 13.0. The normalized spacial score (nSPS) is 13.0. The quantitative estimate of drug-likeness (QED) is 0.227. The summed E-state index contributed by atoms with van der Waals surface area (Å²) in [6, 6.07) is 29.7. The molecule has 3 amide bonds. The van der Waals surface area contributed by atoms with E-state index in [-0.39, 0.29) is 36.8 Å². The van der Waals surface area contributed by atoms with Gasteiger partial charge in [-0.1, -0.05) is 72.8 Å². The Kier molecular flexibility index (Phi) is 8.78. The number of carbonyl (C=O) groups is 3. The maximum Gasteiger partial charge on any atom is 0.265 e. The van der Waals surface area contributed by atoms with Crippen molar-refractivity contribution in [3.8, 4) is 22.6 Å². The van der Waals surface area contributed by atoms with E-state index in [0.717, 1.165) is 27.9 Å². The van der Waals surface area contributed by atoms with Crippen LogP contribution in [-0.4, -0.2) is 47.0 Å². The van der Waals surface area contributed by atoms with Crippen LogP contribution in [0, 0.1) is 0 Å². The zero-order valence-electron chi connectivity index (χ0n) is 25.3. The number of benzene rings is 4. The predicted octanol–water partition coefficient (Wildman–Crippen LogP) is 4.36. The van der Waals surface area contributed by atoms with Gasteiger partial charge in [0.2, 0.25) is 5.91 Å². The highest BCUT2D eigenvalue weighted by molar-refractivity contribution is 6.05. The average Bonchev–Trinajstić information content (AvgIpc) is 3.52. The molecule has 2 heterocycles. The molecule has 4 aromatic carbocycles. The smallest absolute Gasteiger partial charge is 0.265 e. The van der Waals surface area contributed by atoms with E-state index < -0.39 is 17.9 Å². The number of aromatic nitrogens is 2. The molecule has 0 saturated heterocycles. The summed E-state index contributed by atoms with van der Waals surface area (Å²) in [5.74, 6) is -0.521. The van der Waals surface area contributed by atoms with Gasteiger partial charge >= 0.3 is 0 Å². The van der Waals surface area contributed by atoms with Crippen LogP contribution in [0.1, 0.15) is 27.2 Å². The molecule has 0 aliphatic carbocycles. The lowest BCUT2D eigenvalue weighted by atomic mass is 10.0. The number of nitrogens with one attached hydrogen (secondary N) is 1. The van der Waals surface area contributed by atoms with Crippen molar-refractivity contribution in [2.45, 2.75) is 25.6 Å². The molecule has 1 atom stereocenters. The number of nitrogens with zero attached hydrogens (tertiary/aromatic N) is 3. The minimum atomic E-state index is -0.964. The fourth-order valence-electron chi connectivity index (χ4n) is 5.46. The van der Waals surface area contributed by atoms with Crippen LogP contribution in [0.15, 0.2) is 110 Å². The second kappa shape index (κ2) is 13.4. The zero-order chi connectivity index (χ0) is 32.0. The SMILES string of the molecule is COc1ccc(CC(NC(=O)c2cccc3c2OCC(=O)N3Cc2cncn2Cc2ccc(-c3ccccc3)cc2)C(N)=O)cc1. The van der Waals surface area contributed by atoms with Gasteiger partial charge in [0.15, 0.2) is 12.4 Å². The Morgan fingerprint density at radius 3 is 2.35 bits per heavy atom. The molecule has 10 heteroatoms. The molecule has 3 N–H and O–H groups in total. The first kappa shape index (κ1) is 30.1. The van der Waals surface area contributed by atoms with Crippen molar-refractivity contribution in [3.05, 3.63) is 132 Å². The van der Waals surface area contributed by atoms with E-state index in [9.17, 15) is 14.4 Å². The summed E-state index contributed by atoms with van der Waals surface area (Å²) >= 11 is 0. The Morgan fingerprint density at radius 1 is 0.913 bits per heavy atom. The highest BCUT2D eigenvalue weighted by Crippen LogP contribution is 2.36. The highest BCUT2D eigenvalue weighted by Gasteiger charge is 2.31. The molecule has 5 aromatic rings. The first-order chi connectivity index (χ1) is 22.4. The van der Waals surface area contributed by atoms with Gasteiger partial charge in [0, 0.05) is 19.2 Å². The van der Waals surface area contributed by atoms with Crippen LogP contribution >= 0.6 is 0 Å². The number of nitrogens with two attached hydrogens (primary N) is 1. The summed E-state index contributed by atoms with van der Waals surface area (Å²) in [5.41, 5.74) is 11.3. The van der Waals surface area contributed by atoms with Gasteiger partial charge in [0.05, 0.1) is 36.9 Å². The summed E-state index contributed by atoms with van der Waals surface area (Å²) in [5, 5.41) is 2.74. The van der Waals surface area contributed by atoms with Crippen molar-refractivity contribution < 1.29 is 23.9 Å². The molecule has 1 unspecified atom stereocenters. The number of anilines is 1. The number of imidazole rings is 1. The number of carbonyl (C=O) groups excluding carboxylic acids is 3. The van der Waals surface area contributed by atoms with Crippen LogP contribution in [0.2, 0.25) is 0 Å². The van der Waals surface area contributed by atoms with Crippen LogP contribution in [-0.2, 0) is 29.1 Å². The first-order valence-corrected chi connectivity index (χ1v) is 14.8. The second-order valence-corrected chi connectivity index (χ2v) is 11.0. The Balaban J connectivity index is 1.18. The van der Waals surface area contributed by atoms with Crippen LogP contribution in [0.4, 0.5) is 5.69 Å². The lowest BCUT2D eigenvalue weighted by Gasteiger charge is -2.30. The van der Waals surface area contributed by atoms with Gasteiger partial charge in [-0.2, -0.15) is 0 Å². The summed E-state index contributed by atoms with van der Waals surface area (Å²) in [6.07, 6.45) is 3.67. The molecule has 1 aliphatic rings. The fraction of sp³-hybridized carbons (Fsp3) is 0.167. The lowest BCUT2D eigenvalue weighted by molar-refractivity contribution is -0.121. The lowest BCUT2D eigenvalue weighted by Crippen LogP contribution is -2.46. The minimum Gasteiger partial charge on any atom is -0.497 e. The van der Waals surface area contributed by atoms with Crippen LogP contribution in [0.25, 0.3) is 11.1 Å². The number of methoxy groups -OCH3 is 1. The van der Waals surface area contributed by atoms with Crippen molar-refractivity contribution in [1.29, 1.82) is 0 Å². The van der Waals surface area contributed by atoms with Gasteiger partial charge < -0.3 is 25.1 Å². The van der Waals surface area contributed by atoms with Gasteiger partial charge in [-0.05, 0) is 46.5 Å². The maximum atomic E-state index is 13.5. The first-order valence-electron chi connectivity index (χ1n) is 14.8. The van der Waals surface area contributed by atoms with Crippen LogP contribution < -0.4 is 25.4 Å². The Bertz CT molecular complexity index is 1850. The number of primary amides is 1. The molecule has 10 nitrogen and oxygen atoms in total. The number of hydrogen-bond acceptors (Lipinski definition) is 6. The average molecular weight is 616 g/mol. The Labute approximate surface area is 266 Å². The molecular weight excluding hydrogens is 582 g/mol. The third-order valence-corrected chi connectivity index (χ3v) is 7.95. The molecule has 232 valence electrons. The van der Waals surface area contributed by atoms with Crippen molar-refractivity contribution in [2.75, 3.05) is 18.6 Å². The van der Waals surface area contributed by atoms with E-state index in [4.69, 9.17) is 15.2 Å². The third-order valence-electron chi connectivity index (χ3n) is 7.95. The minimum absolute atomic E-state index is 0.197. The molecule has 0 bridgehead atoms. The van der Waals surface area contributed by atoms with Gasteiger partial charge in [-0.25, -0.2) is 4.98 Å². The molecular formula is C36H33N5O5. The predicted molar refractivity (Wildman–Crippen MR) is 173 cm³/mol. The van der Waals surface area contributed by atoms with Crippen molar-refractivity contribution in [3.63, 3.8) is 0 Å². The number of ether oxygens (including phenoxy) is 2. The summed E-state index contributed by atoms with van der Waals surface area (Å²) in [4.78, 5) is 44.8. The second-order valence-electron chi connectivity index (χ2n) is 11.0. The van der Waals surface area contributed by atoms with Gasteiger partial charge in [-0.15, -0.1) is 0 Å². The van der Waals surface area contributed by atoms with Gasteiger partial charge in [0.1, 0.15) is 11.8 Å². The maximum absolute atomic E-state index is 13.5. The van der Waals surface area contributed by atoms with E-state index in [2.05, 4.69) is 46.7 Å². The highest BCUT2D eigenvalue weighted by atomic mass is 16.5. The molecule has 1 aliphatic heterocycles. The van der Waals surface area contributed by atoms with E-state index >= 15 is 0 Å². The van der Waals surface area contributed by atoms with Crippen LogP contribution in [0.3, 0.4) is 0 Å². The molecule has 1 aromatic heterocycles. The number of hydrogen-bond donors (Lipinski definition) is 2. The summed E-state index contributed by atoms with van der Waals surface area (Å²) in [7, 11) is 1.57. The third kappa shape index (κ3) is 6.61. The topological polar surface area (TPSA) is 129 Å². The van der Waals surface area contributed by atoms with Crippen molar-refractivity contribution in [1.82, 2.24) is 14.9 Å². The van der Waals surface area contributed by atoms with Crippen molar-refractivity contribution >= 4 is 23.4 Å². The van der Waals surface area contributed by atoms with Crippen LogP contribution in [0.5, 0.6) is 11.5 Å². The largest absolute Gasteiger partial charge is 0.497 e. The number of rotatable bonds is 11. The fourth-order valence-corrected chi connectivity index (χ4v) is 5.46. The van der Waals surface area contributed by atoms with Crippen molar-refractivity contribution in [2.24, 2.45) is 5.73 Å². The van der Waals surface area contributed by atoms with Gasteiger partial charge in [0.25, 0.3) is 11.8 Å². The number of para-hydroxylation sites is 1. The standard InChI is InChI=1S/C36H33N5O5/c1-45-29-16-12-24(13-17-29)18-31(35(37)43)39-36(44)30-8-5-9-32-34(30)46-22-33(42)41(32)21-28-19-38-23-40(28)20-25-10-14-27(15-11-25)26-6-3-2-4-7-26/h2-17,19,23,31H,18,20-22H2,1H3,(H2,37,43)(H,39,44). The summed E-state index contributed by atoms with van der Waals surface area (Å²) in [6.45, 7) is 0.558.